The van der Waals surface area contributed by atoms with Crippen molar-refractivity contribution in [3.8, 4) is 5.75 Å². The van der Waals surface area contributed by atoms with Gasteiger partial charge in [0.1, 0.15) is 0 Å². The van der Waals surface area contributed by atoms with Gasteiger partial charge in [-0.05, 0) is 31.2 Å². The second-order valence-electron chi connectivity index (χ2n) is 5.28. The predicted molar refractivity (Wildman–Crippen MR) is 98.3 cm³/mol. The molecule has 2 heterocycles. The van der Waals surface area contributed by atoms with Crippen LogP contribution in [0, 0.1) is 5.82 Å². The Labute approximate surface area is 163 Å². The molecule has 1 aromatic carbocycles. The minimum absolute atomic E-state index is 0.0371. The number of rotatable bonds is 7. The number of pyridine rings is 1. The summed E-state index contributed by atoms with van der Waals surface area (Å²) in [6.45, 7) is 1.66. The SMILES string of the molecule is CC(Oc1ccccc1F)c1nnc(SCC(=O)Nc2cccnc2Cl)o1. The summed E-state index contributed by atoms with van der Waals surface area (Å²) < 4.78 is 24.6. The summed E-state index contributed by atoms with van der Waals surface area (Å²) in [5.74, 6) is -0.480. The fraction of sp³-hybridized carbons (Fsp3) is 0.176. The predicted octanol–water partition coefficient (Wildman–Crippen LogP) is 4.13. The van der Waals surface area contributed by atoms with Crippen LogP contribution in [0.4, 0.5) is 10.1 Å². The van der Waals surface area contributed by atoms with Gasteiger partial charge in [-0.1, -0.05) is 35.5 Å². The second kappa shape index (κ2) is 8.83. The molecule has 0 radical (unpaired) electrons. The molecule has 10 heteroatoms. The van der Waals surface area contributed by atoms with E-state index in [2.05, 4.69) is 20.5 Å². The highest BCUT2D eigenvalue weighted by Crippen LogP contribution is 2.26. The topological polar surface area (TPSA) is 90.1 Å². The normalized spacial score (nSPS) is 11.8. The molecule has 3 rings (SSSR count). The number of nitrogens with zero attached hydrogens (tertiary/aromatic N) is 3. The third kappa shape index (κ3) is 5.18. The lowest BCUT2D eigenvalue weighted by Gasteiger charge is -2.11. The number of benzene rings is 1. The van der Waals surface area contributed by atoms with Crippen molar-refractivity contribution in [1.29, 1.82) is 0 Å². The van der Waals surface area contributed by atoms with Gasteiger partial charge in [-0.25, -0.2) is 9.37 Å². The highest BCUT2D eigenvalue weighted by Gasteiger charge is 2.18. The van der Waals surface area contributed by atoms with Crippen molar-refractivity contribution < 1.29 is 18.3 Å². The quantitative estimate of drug-likeness (QED) is 0.464. The van der Waals surface area contributed by atoms with Crippen LogP contribution in [0.3, 0.4) is 0 Å². The van der Waals surface area contributed by atoms with Gasteiger partial charge in [0.15, 0.2) is 22.8 Å². The first kappa shape index (κ1) is 19.1. The average Bonchev–Trinajstić information content (AvgIpc) is 3.13. The van der Waals surface area contributed by atoms with Gasteiger partial charge >= 0.3 is 0 Å². The van der Waals surface area contributed by atoms with E-state index in [9.17, 15) is 9.18 Å². The minimum Gasteiger partial charge on any atom is -0.478 e. The first-order chi connectivity index (χ1) is 13.0. The lowest BCUT2D eigenvalue weighted by molar-refractivity contribution is -0.113. The fourth-order valence-electron chi connectivity index (χ4n) is 2.02. The molecule has 1 unspecified atom stereocenters. The highest BCUT2D eigenvalue weighted by atomic mass is 35.5. The Morgan fingerprint density at radius 3 is 2.93 bits per heavy atom. The van der Waals surface area contributed by atoms with Gasteiger partial charge in [0.05, 0.1) is 11.4 Å². The smallest absolute Gasteiger partial charge is 0.277 e. The molecule has 1 amide bonds. The van der Waals surface area contributed by atoms with Gasteiger partial charge in [-0.15, -0.1) is 10.2 Å². The molecule has 0 bridgehead atoms. The van der Waals surface area contributed by atoms with Crippen LogP contribution in [0.15, 0.2) is 52.2 Å². The number of anilines is 1. The van der Waals surface area contributed by atoms with Crippen molar-refractivity contribution in [1.82, 2.24) is 15.2 Å². The van der Waals surface area contributed by atoms with E-state index < -0.39 is 11.9 Å². The maximum absolute atomic E-state index is 13.6. The molecule has 3 aromatic rings. The van der Waals surface area contributed by atoms with Crippen molar-refractivity contribution in [2.24, 2.45) is 0 Å². The first-order valence-electron chi connectivity index (χ1n) is 7.80. The van der Waals surface area contributed by atoms with Gasteiger partial charge in [0, 0.05) is 6.20 Å². The zero-order chi connectivity index (χ0) is 19.2. The van der Waals surface area contributed by atoms with E-state index in [-0.39, 0.29) is 33.7 Å². The van der Waals surface area contributed by atoms with E-state index in [1.807, 2.05) is 0 Å². The van der Waals surface area contributed by atoms with Gasteiger partial charge in [0.2, 0.25) is 5.91 Å². The molecule has 1 N–H and O–H groups in total. The Kier molecular flexibility index (Phi) is 6.25. The molecular weight excluding hydrogens is 395 g/mol. The number of carbonyl (C=O) groups excluding carboxylic acids is 1. The van der Waals surface area contributed by atoms with Crippen LogP contribution in [0.1, 0.15) is 18.9 Å². The van der Waals surface area contributed by atoms with Crippen molar-refractivity contribution in [2.45, 2.75) is 18.3 Å². The molecule has 0 aliphatic heterocycles. The zero-order valence-corrected chi connectivity index (χ0v) is 15.6. The summed E-state index contributed by atoms with van der Waals surface area (Å²) in [5.41, 5.74) is 0.419. The summed E-state index contributed by atoms with van der Waals surface area (Å²) >= 11 is 6.94. The Hall–Kier alpha value is -2.65. The molecule has 0 saturated heterocycles. The first-order valence-corrected chi connectivity index (χ1v) is 9.17. The van der Waals surface area contributed by atoms with Gasteiger partial charge in [-0.3, -0.25) is 4.79 Å². The van der Waals surface area contributed by atoms with Crippen molar-refractivity contribution >= 4 is 35.0 Å². The maximum atomic E-state index is 13.6. The van der Waals surface area contributed by atoms with E-state index in [1.54, 1.807) is 31.2 Å². The molecule has 0 aliphatic rings. The molecule has 2 aromatic heterocycles. The van der Waals surface area contributed by atoms with Crippen LogP contribution < -0.4 is 10.1 Å². The van der Waals surface area contributed by atoms with E-state index in [0.29, 0.717) is 5.69 Å². The van der Waals surface area contributed by atoms with Crippen molar-refractivity contribution in [3.63, 3.8) is 0 Å². The molecule has 140 valence electrons. The third-order valence-corrected chi connectivity index (χ3v) is 4.39. The third-order valence-electron chi connectivity index (χ3n) is 3.27. The van der Waals surface area contributed by atoms with E-state index in [0.717, 1.165) is 11.8 Å². The highest BCUT2D eigenvalue weighted by molar-refractivity contribution is 7.99. The van der Waals surface area contributed by atoms with Crippen molar-refractivity contribution in [2.75, 3.05) is 11.1 Å². The Balaban J connectivity index is 1.54. The van der Waals surface area contributed by atoms with E-state index >= 15 is 0 Å². The van der Waals surface area contributed by atoms with Crippen LogP contribution in [0.5, 0.6) is 5.75 Å². The lowest BCUT2D eigenvalue weighted by Crippen LogP contribution is -2.14. The number of halogens is 2. The summed E-state index contributed by atoms with van der Waals surface area (Å²) in [6.07, 6.45) is 0.879. The Morgan fingerprint density at radius 2 is 2.15 bits per heavy atom. The minimum atomic E-state index is -0.647. The molecule has 0 saturated carbocycles. The van der Waals surface area contributed by atoms with Crippen LogP contribution in [0.25, 0.3) is 0 Å². The fourth-order valence-corrected chi connectivity index (χ4v) is 2.75. The number of nitrogens with one attached hydrogen (secondary N) is 1. The largest absolute Gasteiger partial charge is 0.478 e. The number of para-hydroxylation sites is 1. The van der Waals surface area contributed by atoms with Gasteiger partial charge in [0.25, 0.3) is 11.1 Å². The monoisotopic (exact) mass is 408 g/mol. The summed E-state index contributed by atoms with van der Waals surface area (Å²) in [7, 11) is 0. The standard InChI is InChI=1S/C17H14ClFN4O3S/c1-10(25-13-7-3-2-5-11(13)19)16-22-23-17(26-16)27-9-14(24)21-12-6-4-8-20-15(12)18/h2-8,10H,9H2,1H3,(H,21,24). The van der Waals surface area contributed by atoms with Crippen molar-refractivity contribution in [3.05, 3.63) is 59.5 Å². The summed E-state index contributed by atoms with van der Waals surface area (Å²) in [5, 5.41) is 10.8. The molecule has 0 spiro atoms. The van der Waals surface area contributed by atoms with Crippen LogP contribution in [-0.2, 0) is 4.79 Å². The molecule has 0 aliphatic carbocycles. The number of ether oxygens (including phenoxy) is 1. The maximum Gasteiger partial charge on any atom is 0.277 e. The van der Waals surface area contributed by atoms with Gasteiger partial charge < -0.3 is 14.5 Å². The molecule has 7 nitrogen and oxygen atoms in total. The lowest BCUT2D eigenvalue weighted by atomic mass is 10.3. The van der Waals surface area contributed by atoms with Gasteiger partial charge in [-0.2, -0.15) is 0 Å². The van der Waals surface area contributed by atoms with Crippen LogP contribution in [-0.4, -0.2) is 26.8 Å². The van der Waals surface area contributed by atoms with Crippen LogP contribution in [0.2, 0.25) is 5.15 Å². The number of hydrogen-bond acceptors (Lipinski definition) is 7. The zero-order valence-electron chi connectivity index (χ0n) is 14.1. The van der Waals surface area contributed by atoms with E-state index in [1.165, 1.54) is 18.3 Å². The number of hydrogen-bond donors (Lipinski definition) is 1. The second-order valence-corrected chi connectivity index (χ2v) is 6.56. The number of aromatic nitrogens is 3. The Morgan fingerprint density at radius 1 is 1.33 bits per heavy atom. The summed E-state index contributed by atoms with van der Waals surface area (Å²) in [4.78, 5) is 15.9. The number of thioether (sulfide) groups is 1. The molecule has 1 atom stereocenters. The van der Waals surface area contributed by atoms with Crippen LogP contribution >= 0.6 is 23.4 Å². The molecule has 0 fully saturated rings. The number of amides is 1. The molecule has 27 heavy (non-hydrogen) atoms. The molecular formula is C17H14ClFN4O3S. The Bertz CT molecular complexity index is 940. The average molecular weight is 409 g/mol. The number of carbonyl (C=O) groups is 1. The summed E-state index contributed by atoms with van der Waals surface area (Å²) in [6, 6.07) is 9.34. The van der Waals surface area contributed by atoms with E-state index in [4.69, 9.17) is 20.8 Å².